The summed E-state index contributed by atoms with van der Waals surface area (Å²) in [6.45, 7) is 3.82. The maximum Gasteiger partial charge on any atom is 0.153 e. The summed E-state index contributed by atoms with van der Waals surface area (Å²) in [6, 6.07) is 25.9. The quantitative estimate of drug-likeness (QED) is 0.448. The smallest absolute Gasteiger partial charge is 0.153 e. The van der Waals surface area contributed by atoms with Crippen molar-refractivity contribution in [3.05, 3.63) is 95.0 Å². The molecule has 0 saturated carbocycles. The van der Waals surface area contributed by atoms with E-state index in [9.17, 15) is 4.21 Å². The number of halogens is 1. The Labute approximate surface area is 186 Å². The SMILES string of the molecule is O=S(c1ccccc1)N(Cc1ccc(Cl)cc1)c1cccc(CN2CCCCC2)c1. The Bertz CT molecular complexity index is 972. The third kappa shape index (κ3) is 5.51. The summed E-state index contributed by atoms with van der Waals surface area (Å²) in [4.78, 5) is 3.31. The minimum Gasteiger partial charge on any atom is -0.299 e. The van der Waals surface area contributed by atoms with Crippen molar-refractivity contribution in [3.63, 3.8) is 0 Å². The Morgan fingerprint density at radius 3 is 2.30 bits per heavy atom. The lowest BCUT2D eigenvalue weighted by Gasteiger charge is -2.28. The summed E-state index contributed by atoms with van der Waals surface area (Å²) in [6.07, 6.45) is 3.89. The summed E-state index contributed by atoms with van der Waals surface area (Å²) in [5, 5.41) is 0.706. The largest absolute Gasteiger partial charge is 0.299 e. The molecule has 1 unspecified atom stereocenters. The van der Waals surface area contributed by atoms with E-state index in [4.69, 9.17) is 11.6 Å². The first kappa shape index (κ1) is 21.1. The monoisotopic (exact) mass is 438 g/mol. The van der Waals surface area contributed by atoms with Crippen LogP contribution in [0.15, 0.2) is 83.8 Å². The second-order valence-electron chi connectivity index (χ2n) is 7.73. The highest BCUT2D eigenvalue weighted by molar-refractivity contribution is 7.86. The van der Waals surface area contributed by atoms with Gasteiger partial charge in [0.25, 0.3) is 0 Å². The summed E-state index contributed by atoms with van der Waals surface area (Å²) in [7, 11) is -1.31. The Balaban J connectivity index is 1.62. The maximum absolute atomic E-state index is 13.5. The van der Waals surface area contributed by atoms with E-state index in [1.165, 1.54) is 24.8 Å². The van der Waals surface area contributed by atoms with E-state index >= 15 is 0 Å². The summed E-state index contributed by atoms with van der Waals surface area (Å²) >= 11 is 6.06. The van der Waals surface area contributed by atoms with Crippen LogP contribution >= 0.6 is 11.6 Å². The van der Waals surface area contributed by atoms with Gasteiger partial charge in [0.2, 0.25) is 0 Å². The molecule has 0 N–H and O–H groups in total. The molecule has 0 amide bonds. The molecule has 1 aliphatic rings. The number of hydrogen-bond donors (Lipinski definition) is 0. The fraction of sp³-hybridized carbons (Fsp3) is 0.280. The highest BCUT2D eigenvalue weighted by atomic mass is 35.5. The first-order valence-corrected chi connectivity index (χ1v) is 12.0. The van der Waals surface area contributed by atoms with Crippen molar-refractivity contribution < 1.29 is 4.21 Å². The van der Waals surface area contributed by atoms with Crippen LogP contribution in [-0.2, 0) is 24.1 Å². The van der Waals surface area contributed by atoms with Crippen molar-refractivity contribution >= 4 is 28.3 Å². The molecule has 1 fully saturated rings. The van der Waals surface area contributed by atoms with E-state index in [1.54, 1.807) is 0 Å². The molecule has 0 spiro atoms. The number of likely N-dealkylation sites (tertiary alicyclic amines) is 1. The van der Waals surface area contributed by atoms with E-state index in [0.29, 0.717) is 11.6 Å². The molecule has 3 nitrogen and oxygen atoms in total. The van der Waals surface area contributed by atoms with Gasteiger partial charge in [-0.25, -0.2) is 4.21 Å². The van der Waals surface area contributed by atoms with Crippen LogP contribution in [0.3, 0.4) is 0 Å². The van der Waals surface area contributed by atoms with E-state index < -0.39 is 11.0 Å². The highest BCUT2D eigenvalue weighted by Gasteiger charge is 2.18. The molecule has 1 aliphatic heterocycles. The van der Waals surface area contributed by atoms with Gasteiger partial charge < -0.3 is 0 Å². The molecule has 0 aromatic heterocycles. The van der Waals surface area contributed by atoms with Gasteiger partial charge in [0.05, 0.1) is 17.1 Å². The van der Waals surface area contributed by atoms with Crippen LogP contribution in [0.25, 0.3) is 0 Å². The second-order valence-corrected chi connectivity index (χ2v) is 9.58. The molecule has 156 valence electrons. The molecule has 0 radical (unpaired) electrons. The fourth-order valence-electron chi connectivity index (χ4n) is 3.85. The van der Waals surface area contributed by atoms with Gasteiger partial charge in [-0.2, -0.15) is 0 Å². The Hall–Kier alpha value is -2.14. The second kappa shape index (κ2) is 10.3. The maximum atomic E-state index is 13.5. The van der Waals surface area contributed by atoms with Crippen molar-refractivity contribution in [2.24, 2.45) is 0 Å². The number of rotatable bonds is 7. The molecule has 0 bridgehead atoms. The van der Waals surface area contributed by atoms with Gasteiger partial charge in [0.1, 0.15) is 0 Å². The van der Waals surface area contributed by atoms with Crippen LogP contribution in [0.2, 0.25) is 5.02 Å². The van der Waals surface area contributed by atoms with E-state index in [-0.39, 0.29) is 0 Å². The number of nitrogens with zero attached hydrogens (tertiary/aromatic N) is 2. The van der Waals surface area contributed by atoms with Gasteiger partial charge in [0, 0.05) is 11.6 Å². The highest BCUT2D eigenvalue weighted by Crippen LogP contribution is 2.26. The van der Waals surface area contributed by atoms with Crippen molar-refractivity contribution in [1.29, 1.82) is 0 Å². The van der Waals surface area contributed by atoms with Gasteiger partial charge in [-0.15, -0.1) is 0 Å². The molecule has 4 rings (SSSR count). The summed E-state index contributed by atoms with van der Waals surface area (Å²) in [5.41, 5.74) is 3.31. The number of benzene rings is 3. The van der Waals surface area contributed by atoms with Crippen LogP contribution in [0.5, 0.6) is 0 Å². The van der Waals surface area contributed by atoms with Crippen LogP contribution in [-0.4, -0.2) is 22.2 Å². The van der Waals surface area contributed by atoms with Gasteiger partial charge >= 0.3 is 0 Å². The predicted molar refractivity (Wildman–Crippen MR) is 126 cm³/mol. The van der Waals surface area contributed by atoms with Gasteiger partial charge in [-0.05, 0) is 73.5 Å². The van der Waals surface area contributed by atoms with Gasteiger partial charge in [0.15, 0.2) is 11.0 Å². The third-order valence-electron chi connectivity index (χ3n) is 5.44. The minimum atomic E-state index is -1.31. The first-order chi connectivity index (χ1) is 14.7. The summed E-state index contributed by atoms with van der Waals surface area (Å²) in [5.74, 6) is 0. The zero-order chi connectivity index (χ0) is 20.8. The van der Waals surface area contributed by atoms with E-state index in [1.807, 2.05) is 58.9 Å². The first-order valence-electron chi connectivity index (χ1n) is 10.5. The topological polar surface area (TPSA) is 23.6 Å². The predicted octanol–water partition coefficient (Wildman–Crippen LogP) is 6.06. The van der Waals surface area contributed by atoms with Crippen molar-refractivity contribution in [1.82, 2.24) is 4.90 Å². The van der Waals surface area contributed by atoms with Crippen LogP contribution in [0.4, 0.5) is 5.69 Å². The van der Waals surface area contributed by atoms with Crippen LogP contribution < -0.4 is 4.31 Å². The van der Waals surface area contributed by atoms with Crippen LogP contribution in [0.1, 0.15) is 30.4 Å². The number of hydrogen-bond acceptors (Lipinski definition) is 2. The number of piperidine rings is 1. The van der Waals surface area contributed by atoms with Crippen molar-refractivity contribution in [2.45, 2.75) is 37.2 Å². The lowest BCUT2D eigenvalue weighted by atomic mass is 10.1. The molecular formula is C25H27ClN2OS. The Kier molecular flexibility index (Phi) is 7.21. The molecule has 1 atom stereocenters. The average Bonchev–Trinajstić information content (AvgIpc) is 2.80. The molecule has 3 aromatic carbocycles. The Morgan fingerprint density at radius 2 is 1.57 bits per heavy atom. The normalized spacial score (nSPS) is 15.6. The van der Waals surface area contributed by atoms with Gasteiger partial charge in [-0.3, -0.25) is 9.21 Å². The molecule has 3 aromatic rings. The standard InChI is InChI=1S/C25H27ClN2OS/c26-23-14-12-21(13-15-23)20-28(30(29)25-10-3-1-4-11-25)24-9-7-8-22(18-24)19-27-16-5-2-6-17-27/h1,3-4,7-15,18H,2,5-6,16-17,19-20H2. The lowest BCUT2D eigenvalue weighted by Crippen LogP contribution is -2.29. The zero-order valence-electron chi connectivity index (χ0n) is 17.0. The lowest BCUT2D eigenvalue weighted by molar-refractivity contribution is 0.221. The third-order valence-corrected chi connectivity index (χ3v) is 7.11. The molecule has 0 aliphatic carbocycles. The van der Waals surface area contributed by atoms with E-state index in [0.717, 1.165) is 35.8 Å². The summed E-state index contributed by atoms with van der Waals surface area (Å²) < 4.78 is 15.5. The average molecular weight is 439 g/mol. The Morgan fingerprint density at radius 1 is 0.833 bits per heavy atom. The van der Waals surface area contributed by atoms with Crippen LogP contribution in [0, 0.1) is 0 Å². The molecule has 1 heterocycles. The van der Waals surface area contributed by atoms with E-state index in [2.05, 4.69) is 29.2 Å². The zero-order valence-corrected chi connectivity index (χ0v) is 18.6. The molecule has 30 heavy (non-hydrogen) atoms. The van der Waals surface area contributed by atoms with Crippen molar-refractivity contribution in [2.75, 3.05) is 17.4 Å². The van der Waals surface area contributed by atoms with Crippen molar-refractivity contribution in [3.8, 4) is 0 Å². The molecule has 1 saturated heterocycles. The molecular weight excluding hydrogens is 412 g/mol. The van der Waals surface area contributed by atoms with Gasteiger partial charge in [-0.1, -0.05) is 60.5 Å². The molecule has 5 heteroatoms. The fourth-order valence-corrected chi connectivity index (χ4v) is 5.19. The number of anilines is 1. The minimum absolute atomic E-state index is 0.547.